The maximum Gasteiger partial charge on any atom is 0.141 e. The first-order valence-electron chi connectivity index (χ1n) is 5.30. The maximum atomic E-state index is 11.9. The van der Waals surface area contributed by atoms with E-state index in [0.29, 0.717) is 18.6 Å². The molecule has 78 valence electrons. The second-order valence-electron chi connectivity index (χ2n) is 4.27. The summed E-state index contributed by atoms with van der Waals surface area (Å²) in [5.41, 5.74) is 5.69. The molecule has 0 bridgehead atoms. The molecule has 0 spiro atoms. The van der Waals surface area contributed by atoms with E-state index in [-0.39, 0.29) is 11.5 Å². The van der Waals surface area contributed by atoms with Gasteiger partial charge in [0.25, 0.3) is 0 Å². The van der Waals surface area contributed by atoms with Crippen molar-refractivity contribution in [1.82, 2.24) is 0 Å². The van der Waals surface area contributed by atoms with Crippen molar-refractivity contribution < 1.29 is 4.79 Å². The standard InChI is InChI=1S/C12H19NO/c1-3-4-5-8-11(14)12(2)9-6-7-10(12)13/h10H,5-9,13H2,1-2H3. The third kappa shape index (κ3) is 2.16. The molecule has 1 saturated carbocycles. The van der Waals surface area contributed by atoms with Gasteiger partial charge in [0.1, 0.15) is 5.78 Å². The Kier molecular flexibility index (Phi) is 3.71. The summed E-state index contributed by atoms with van der Waals surface area (Å²) in [5, 5.41) is 0. The van der Waals surface area contributed by atoms with Gasteiger partial charge in [-0.1, -0.05) is 13.3 Å². The predicted molar refractivity (Wildman–Crippen MR) is 57.6 cm³/mol. The highest BCUT2D eigenvalue weighted by Crippen LogP contribution is 2.38. The average molecular weight is 193 g/mol. The van der Waals surface area contributed by atoms with Crippen LogP contribution in [-0.4, -0.2) is 11.8 Å². The number of hydrogen-bond donors (Lipinski definition) is 1. The van der Waals surface area contributed by atoms with Crippen LogP contribution in [-0.2, 0) is 4.79 Å². The van der Waals surface area contributed by atoms with Crippen molar-refractivity contribution in [2.24, 2.45) is 11.1 Å². The Labute approximate surface area is 86.2 Å². The van der Waals surface area contributed by atoms with E-state index < -0.39 is 0 Å². The topological polar surface area (TPSA) is 43.1 Å². The van der Waals surface area contributed by atoms with Crippen LogP contribution in [0.1, 0.15) is 46.0 Å². The first kappa shape index (κ1) is 11.3. The lowest BCUT2D eigenvalue weighted by Crippen LogP contribution is -2.40. The van der Waals surface area contributed by atoms with Crippen molar-refractivity contribution in [3.63, 3.8) is 0 Å². The van der Waals surface area contributed by atoms with Gasteiger partial charge in [-0.3, -0.25) is 4.79 Å². The number of hydrogen-bond acceptors (Lipinski definition) is 2. The molecule has 1 rings (SSSR count). The molecule has 0 aromatic rings. The summed E-state index contributed by atoms with van der Waals surface area (Å²) in [6, 6.07) is 0.0598. The summed E-state index contributed by atoms with van der Waals surface area (Å²) >= 11 is 0. The van der Waals surface area contributed by atoms with Crippen LogP contribution in [0.25, 0.3) is 0 Å². The lowest BCUT2D eigenvalue weighted by Gasteiger charge is -2.26. The van der Waals surface area contributed by atoms with Gasteiger partial charge in [-0.25, -0.2) is 0 Å². The number of nitrogens with two attached hydrogens (primary N) is 1. The third-order valence-corrected chi connectivity index (χ3v) is 3.32. The minimum Gasteiger partial charge on any atom is -0.327 e. The van der Waals surface area contributed by atoms with Gasteiger partial charge >= 0.3 is 0 Å². The van der Waals surface area contributed by atoms with E-state index in [4.69, 9.17) is 5.73 Å². The van der Waals surface area contributed by atoms with Gasteiger partial charge in [0, 0.05) is 24.3 Å². The van der Waals surface area contributed by atoms with E-state index in [9.17, 15) is 4.79 Å². The Bertz CT molecular complexity index is 274. The van der Waals surface area contributed by atoms with Crippen molar-refractivity contribution in [2.45, 2.75) is 52.0 Å². The molecule has 2 atom stereocenters. The fraction of sp³-hybridized carbons (Fsp3) is 0.750. The van der Waals surface area contributed by atoms with E-state index in [1.165, 1.54) is 0 Å². The molecule has 0 aromatic carbocycles. The highest BCUT2D eigenvalue weighted by atomic mass is 16.1. The Morgan fingerprint density at radius 1 is 1.64 bits per heavy atom. The molecule has 1 aliphatic carbocycles. The van der Waals surface area contributed by atoms with Gasteiger partial charge in [0.15, 0.2) is 0 Å². The van der Waals surface area contributed by atoms with Gasteiger partial charge in [0.05, 0.1) is 0 Å². The van der Waals surface area contributed by atoms with Crippen LogP contribution in [0.3, 0.4) is 0 Å². The molecule has 14 heavy (non-hydrogen) atoms. The van der Waals surface area contributed by atoms with E-state index in [1.807, 2.05) is 6.92 Å². The van der Waals surface area contributed by atoms with Gasteiger partial charge in [-0.05, 0) is 19.8 Å². The molecular formula is C12H19NO. The monoisotopic (exact) mass is 193 g/mol. The Balaban J connectivity index is 2.53. The minimum absolute atomic E-state index is 0.0598. The molecule has 0 aliphatic heterocycles. The van der Waals surface area contributed by atoms with Gasteiger partial charge in [-0.2, -0.15) is 0 Å². The largest absolute Gasteiger partial charge is 0.327 e. The van der Waals surface area contributed by atoms with Crippen LogP contribution in [0.5, 0.6) is 0 Å². The number of ketones is 1. The van der Waals surface area contributed by atoms with Gasteiger partial charge in [-0.15, -0.1) is 11.8 Å². The zero-order valence-electron chi connectivity index (χ0n) is 9.10. The molecule has 0 heterocycles. The van der Waals surface area contributed by atoms with Crippen molar-refractivity contribution in [2.75, 3.05) is 0 Å². The molecule has 1 aliphatic rings. The summed E-state index contributed by atoms with van der Waals surface area (Å²) in [7, 11) is 0. The molecule has 0 saturated heterocycles. The summed E-state index contributed by atoms with van der Waals surface area (Å²) in [6.07, 6.45) is 4.26. The molecule has 0 amide bonds. The van der Waals surface area contributed by atoms with E-state index >= 15 is 0 Å². The second-order valence-corrected chi connectivity index (χ2v) is 4.27. The summed E-state index contributed by atoms with van der Waals surface area (Å²) in [6.45, 7) is 3.81. The Morgan fingerprint density at radius 3 is 2.86 bits per heavy atom. The van der Waals surface area contributed by atoms with Crippen LogP contribution in [0.4, 0.5) is 0 Å². The van der Waals surface area contributed by atoms with Crippen LogP contribution in [0, 0.1) is 17.3 Å². The lowest BCUT2D eigenvalue weighted by atomic mass is 9.79. The number of carbonyl (C=O) groups excluding carboxylic acids is 1. The molecule has 2 heteroatoms. The van der Waals surface area contributed by atoms with Crippen LogP contribution in [0.2, 0.25) is 0 Å². The van der Waals surface area contributed by atoms with Crippen molar-refractivity contribution in [3.05, 3.63) is 0 Å². The summed E-state index contributed by atoms with van der Waals surface area (Å²) < 4.78 is 0. The smallest absolute Gasteiger partial charge is 0.141 e. The highest BCUT2D eigenvalue weighted by molar-refractivity contribution is 5.85. The third-order valence-electron chi connectivity index (χ3n) is 3.32. The SMILES string of the molecule is CC#CCCC(=O)C1(C)CCCC1N. The fourth-order valence-corrected chi connectivity index (χ4v) is 2.13. The Morgan fingerprint density at radius 2 is 2.36 bits per heavy atom. The molecule has 0 aromatic heterocycles. The average Bonchev–Trinajstić information content (AvgIpc) is 2.49. The van der Waals surface area contributed by atoms with Crippen molar-refractivity contribution in [1.29, 1.82) is 0 Å². The van der Waals surface area contributed by atoms with Crippen molar-refractivity contribution in [3.8, 4) is 11.8 Å². The lowest BCUT2D eigenvalue weighted by molar-refractivity contribution is -0.128. The molecule has 2 nitrogen and oxygen atoms in total. The molecule has 0 radical (unpaired) electrons. The first-order valence-corrected chi connectivity index (χ1v) is 5.30. The van der Waals surface area contributed by atoms with E-state index in [0.717, 1.165) is 19.3 Å². The quantitative estimate of drug-likeness (QED) is 0.695. The zero-order chi connectivity index (χ0) is 10.6. The van der Waals surface area contributed by atoms with Crippen LogP contribution < -0.4 is 5.73 Å². The predicted octanol–water partition coefficient (Wildman–Crippen LogP) is 1.88. The van der Waals surface area contributed by atoms with Crippen LogP contribution in [0.15, 0.2) is 0 Å². The number of carbonyl (C=O) groups is 1. The first-order chi connectivity index (χ1) is 6.61. The normalized spacial score (nSPS) is 30.9. The van der Waals surface area contributed by atoms with Crippen molar-refractivity contribution >= 4 is 5.78 Å². The van der Waals surface area contributed by atoms with Crippen LogP contribution >= 0.6 is 0 Å². The number of Topliss-reactive ketones (excluding diaryl/α,β-unsaturated/α-hetero) is 1. The zero-order valence-corrected chi connectivity index (χ0v) is 9.10. The van der Waals surface area contributed by atoms with Gasteiger partial charge < -0.3 is 5.73 Å². The van der Waals surface area contributed by atoms with Gasteiger partial charge in [0.2, 0.25) is 0 Å². The summed E-state index contributed by atoms with van der Waals surface area (Å²) in [4.78, 5) is 11.9. The molecule has 1 fully saturated rings. The fourth-order valence-electron chi connectivity index (χ4n) is 2.13. The molecular weight excluding hydrogens is 174 g/mol. The van der Waals surface area contributed by atoms with E-state index in [2.05, 4.69) is 11.8 Å². The molecule has 2 N–H and O–H groups in total. The summed E-state index contributed by atoms with van der Waals surface area (Å²) in [5.74, 6) is 6.02. The second kappa shape index (κ2) is 4.61. The maximum absolute atomic E-state index is 11.9. The highest BCUT2D eigenvalue weighted by Gasteiger charge is 2.41. The number of rotatable bonds is 3. The van der Waals surface area contributed by atoms with E-state index in [1.54, 1.807) is 6.92 Å². The molecule has 2 unspecified atom stereocenters. The Hall–Kier alpha value is -0.810. The minimum atomic E-state index is -0.268.